The van der Waals surface area contributed by atoms with Crippen molar-refractivity contribution in [2.45, 2.75) is 13.0 Å². The molecule has 0 amide bonds. The van der Waals surface area contributed by atoms with E-state index in [0.717, 1.165) is 18.7 Å². The van der Waals surface area contributed by atoms with Crippen LogP contribution in [0.3, 0.4) is 0 Å². The van der Waals surface area contributed by atoms with Gasteiger partial charge in [0.25, 0.3) is 0 Å². The summed E-state index contributed by atoms with van der Waals surface area (Å²) < 4.78 is 2.05. The van der Waals surface area contributed by atoms with Gasteiger partial charge in [-0.2, -0.15) is 5.26 Å². The zero-order valence-corrected chi connectivity index (χ0v) is 8.87. The van der Waals surface area contributed by atoms with Gasteiger partial charge in [-0.05, 0) is 12.1 Å². The van der Waals surface area contributed by atoms with Crippen LogP contribution in [-0.4, -0.2) is 4.98 Å². The fourth-order valence-corrected chi connectivity index (χ4v) is 1.47. The summed E-state index contributed by atoms with van der Waals surface area (Å²) in [4.78, 5) is 4.26. The van der Waals surface area contributed by atoms with E-state index >= 15 is 0 Å². The number of hydrogen-bond donors (Lipinski definition) is 0. The van der Waals surface area contributed by atoms with Crippen molar-refractivity contribution in [2.24, 2.45) is 0 Å². The second-order valence-electron chi connectivity index (χ2n) is 3.51. The normalized spacial score (nSPS) is 9.69. The topological polar surface area (TPSA) is 40.6 Å². The predicted molar refractivity (Wildman–Crippen MR) is 59.3 cm³/mol. The molecule has 78 valence electrons. The van der Waals surface area contributed by atoms with Gasteiger partial charge in [-0.3, -0.25) is 4.98 Å². The fraction of sp³-hybridized carbons (Fsp3) is 0.154. The van der Waals surface area contributed by atoms with Crippen molar-refractivity contribution in [2.75, 3.05) is 0 Å². The highest BCUT2D eigenvalue weighted by molar-refractivity contribution is 5.23. The van der Waals surface area contributed by atoms with Crippen LogP contribution < -0.4 is 4.57 Å². The molecule has 0 atom stereocenters. The molecule has 2 rings (SSSR count). The molecular formula is C13H12N3+. The number of aryl methyl sites for hydroxylation is 2. The number of hydrogen-bond acceptors (Lipinski definition) is 2. The summed E-state index contributed by atoms with van der Waals surface area (Å²) >= 11 is 0. The molecule has 0 unspecified atom stereocenters. The summed E-state index contributed by atoms with van der Waals surface area (Å²) in [6.07, 6.45) is 6.54. The average Bonchev–Trinajstić information content (AvgIpc) is 2.38. The van der Waals surface area contributed by atoms with E-state index in [-0.39, 0.29) is 0 Å². The van der Waals surface area contributed by atoms with Gasteiger partial charge < -0.3 is 0 Å². The first-order valence-electron chi connectivity index (χ1n) is 5.17. The van der Waals surface area contributed by atoms with Crippen molar-refractivity contribution in [1.29, 1.82) is 5.26 Å². The van der Waals surface area contributed by atoms with E-state index in [4.69, 9.17) is 5.26 Å². The third kappa shape index (κ3) is 2.64. The van der Waals surface area contributed by atoms with Gasteiger partial charge in [0.05, 0.1) is 11.6 Å². The molecule has 0 radical (unpaired) electrons. The minimum atomic E-state index is 0.689. The summed E-state index contributed by atoms with van der Waals surface area (Å²) in [6, 6.07) is 11.7. The zero-order chi connectivity index (χ0) is 11.2. The Morgan fingerprint density at radius 3 is 2.62 bits per heavy atom. The van der Waals surface area contributed by atoms with Gasteiger partial charge in [-0.1, -0.05) is 6.07 Å². The Morgan fingerprint density at radius 1 is 1.19 bits per heavy atom. The average molecular weight is 210 g/mol. The highest BCUT2D eigenvalue weighted by Crippen LogP contribution is 1.95. The van der Waals surface area contributed by atoms with Crippen molar-refractivity contribution >= 4 is 0 Å². The number of aromatic nitrogens is 2. The van der Waals surface area contributed by atoms with Gasteiger partial charge in [0.15, 0.2) is 18.9 Å². The maximum Gasteiger partial charge on any atom is 0.170 e. The quantitative estimate of drug-likeness (QED) is 0.720. The fourth-order valence-electron chi connectivity index (χ4n) is 1.47. The Hall–Kier alpha value is -2.21. The lowest BCUT2D eigenvalue weighted by Crippen LogP contribution is -2.33. The monoisotopic (exact) mass is 210 g/mol. The Morgan fingerprint density at radius 2 is 2.00 bits per heavy atom. The molecule has 0 aliphatic heterocycles. The molecule has 2 aromatic heterocycles. The molecule has 16 heavy (non-hydrogen) atoms. The zero-order valence-electron chi connectivity index (χ0n) is 8.87. The summed E-state index contributed by atoms with van der Waals surface area (Å²) in [5.41, 5.74) is 1.77. The van der Waals surface area contributed by atoms with Crippen molar-refractivity contribution in [3.63, 3.8) is 0 Å². The van der Waals surface area contributed by atoms with E-state index < -0.39 is 0 Å². The van der Waals surface area contributed by atoms with Gasteiger partial charge >= 0.3 is 0 Å². The predicted octanol–water partition coefficient (Wildman–Crippen LogP) is 1.48. The molecule has 3 nitrogen and oxygen atoms in total. The molecule has 0 saturated carbocycles. The van der Waals surface area contributed by atoms with Crippen LogP contribution in [0.2, 0.25) is 0 Å². The lowest BCUT2D eigenvalue weighted by atomic mass is 10.2. The van der Waals surface area contributed by atoms with E-state index in [1.165, 1.54) is 0 Å². The maximum atomic E-state index is 8.67. The van der Waals surface area contributed by atoms with Crippen LogP contribution in [0.4, 0.5) is 0 Å². The Kier molecular flexibility index (Phi) is 3.25. The molecule has 2 aromatic rings. The van der Waals surface area contributed by atoms with E-state index in [1.807, 2.05) is 42.7 Å². The number of pyridine rings is 2. The third-order valence-electron chi connectivity index (χ3n) is 2.37. The molecule has 0 bridgehead atoms. The number of nitriles is 1. The molecule has 0 saturated heterocycles. The Bertz CT molecular complexity index is 483. The van der Waals surface area contributed by atoms with Crippen molar-refractivity contribution in [3.8, 4) is 6.07 Å². The smallest absolute Gasteiger partial charge is 0.170 e. The minimum Gasteiger partial charge on any atom is -0.261 e. The minimum absolute atomic E-state index is 0.689. The molecule has 3 heteroatoms. The highest BCUT2D eigenvalue weighted by Gasteiger charge is 2.01. The van der Waals surface area contributed by atoms with Crippen LogP contribution in [0.25, 0.3) is 0 Å². The third-order valence-corrected chi connectivity index (χ3v) is 2.37. The molecule has 0 aromatic carbocycles. The first-order valence-corrected chi connectivity index (χ1v) is 5.17. The van der Waals surface area contributed by atoms with Gasteiger partial charge in [-0.25, -0.2) is 4.57 Å². The summed E-state index contributed by atoms with van der Waals surface area (Å²) in [7, 11) is 0. The molecule has 2 heterocycles. The van der Waals surface area contributed by atoms with Gasteiger partial charge in [0.1, 0.15) is 0 Å². The van der Waals surface area contributed by atoms with Gasteiger partial charge in [0, 0.05) is 30.4 Å². The maximum absolute atomic E-state index is 8.67. The van der Waals surface area contributed by atoms with Gasteiger partial charge in [-0.15, -0.1) is 0 Å². The Labute approximate surface area is 94.6 Å². The highest BCUT2D eigenvalue weighted by atomic mass is 14.9. The van der Waals surface area contributed by atoms with Crippen LogP contribution in [0, 0.1) is 11.3 Å². The lowest BCUT2D eigenvalue weighted by molar-refractivity contribution is -0.696. The number of rotatable bonds is 3. The molecule has 0 aliphatic rings. The Balaban J connectivity index is 1.98. The summed E-state index contributed by atoms with van der Waals surface area (Å²) in [5.74, 6) is 0. The SMILES string of the molecule is N#Cc1cc[n+](CCc2ccccn2)cc1. The van der Waals surface area contributed by atoms with Crippen LogP contribution in [0.1, 0.15) is 11.3 Å². The van der Waals surface area contributed by atoms with E-state index in [2.05, 4.69) is 15.6 Å². The first-order chi connectivity index (χ1) is 7.88. The molecule has 0 aliphatic carbocycles. The first kappa shape index (κ1) is 10.3. The second kappa shape index (κ2) is 5.04. The standard InChI is InChI=1S/C13H12N3/c14-11-12-4-8-16(9-5-12)10-6-13-3-1-2-7-15-13/h1-5,7-9H,6,10H2/q+1. The van der Waals surface area contributed by atoms with Crippen LogP contribution in [0.15, 0.2) is 48.9 Å². The summed E-state index contributed by atoms with van der Waals surface area (Å²) in [5, 5.41) is 8.67. The largest absolute Gasteiger partial charge is 0.261 e. The van der Waals surface area contributed by atoms with Crippen molar-refractivity contribution < 1.29 is 4.57 Å². The van der Waals surface area contributed by atoms with Crippen molar-refractivity contribution in [1.82, 2.24) is 4.98 Å². The van der Waals surface area contributed by atoms with Gasteiger partial charge in [0.2, 0.25) is 0 Å². The van der Waals surface area contributed by atoms with Crippen LogP contribution in [0.5, 0.6) is 0 Å². The number of nitrogens with zero attached hydrogens (tertiary/aromatic N) is 3. The van der Waals surface area contributed by atoms with Crippen molar-refractivity contribution in [3.05, 3.63) is 60.2 Å². The second-order valence-corrected chi connectivity index (χ2v) is 3.51. The summed E-state index contributed by atoms with van der Waals surface area (Å²) in [6.45, 7) is 0.878. The molecule has 0 spiro atoms. The molecule has 0 N–H and O–H groups in total. The lowest BCUT2D eigenvalue weighted by Gasteiger charge is -1.97. The molecular weight excluding hydrogens is 198 g/mol. The van der Waals surface area contributed by atoms with E-state index in [0.29, 0.717) is 5.56 Å². The molecule has 0 fully saturated rings. The van der Waals surface area contributed by atoms with Crippen LogP contribution in [-0.2, 0) is 13.0 Å². The van der Waals surface area contributed by atoms with E-state index in [9.17, 15) is 0 Å². The van der Waals surface area contributed by atoms with E-state index in [1.54, 1.807) is 6.20 Å². The van der Waals surface area contributed by atoms with Crippen LogP contribution >= 0.6 is 0 Å².